The molecule has 0 unspecified atom stereocenters. The zero-order valence-corrected chi connectivity index (χ0v) is 10.9. The number of nitrogens with zero attached hydrogens (tertiary/aromatic N) is 1. The lowest BCUT2D eigenvalue weighted by Crippen LogP contribution is -2.34. The lowest BCUT2D eigenvalue weighted by molar-refractivity contribution is 0.229. The topological polar surface area (TPSA) is 100 Å². The average Bonchev–Trinajstić information content (AvgIpc) is 3.24. The number of aliphatic hydroxyl groups excluding tert-OH is 1. The Hall–Kier alpha value is -1.79. The molecule has 0 bridgehead atoms. The van der Waals surface area contributed by atoms with Gasteiger partial charge in [0, 0.05) is 23.2 Å². The SMILES string of the molecule is COc1ccc(/C(N)=N/O)cc1CNC1(CO)CC1. The van der Waals surface area contributed by atoms with Crippen LogP contribution in [-0.4, -0.2) is 35.4 Å². The number of ether oxygens (including phenoxy) is 1. The van der Waals surface area contributed by atoms with Crippen molar-refractivity contribution in [3.05, 3.63) is 29.3 Å². The number of aliphatic hydroxyl groups is 1. The molecule has 0 saturated heterocycles. The molecule has 104 valence electrons. The molecule has 0 aromatic heterocycles. The van der Waals surface area contributed by atoms with Crippen molar-refractivity contribution >= 4 is 5.84 Å². The zero-order chi connectivity index (χ0) is 13.9. The van der Waals surface area contributed by atoms with Gasteiger partial charge in [0.05, 0.1) is 13.7 Å². The van der Waals surface area contributed by atoms with Gasteiger partial charge < -0.3 is 26.1 Å². The maximum absolute atomic E-state index is 9.28. The normalized spacial score (nSPS) is 17.3. The molecule has 0 heterocycles. The summed E-state index contributed by atoms with van der Waals surface area (Å²) in [5, 5.41) is 24.3. The van der Waals surface area contributed by atoms with Crippen LogP contribution in [0, 0.1) is 0 Å². The van der Waals surface area contributed by atoms with Gasteiger partial charge in [0.15, 0.2) is 5.84 Å². The summed E-state index contributed by atoms with van der Waals surface area (Å²) in [7, 11) is 1.60. The van der Waals surface area contributed by atoms with Gasteiger partial charge in [-0.25, -0.2) is 0 Å². The van der Waals surface area contributed by atoms with E-state index in [9.17, 15) is 5.11 Å². The van der Waals surface area contributed by atoms with Crippen LogP contribution in [-0.2, 0) is 6.54 Å². The van der Waals surface area contributed by atoms with Crippen LogP contribution in [0.1, 0.15) is 24.0 Å². The van der Waals surface area contributed by atoms with Gasteiger partial charge >= 0.3 is 0 Å². The van der Waals surface area contributed by atoms with Crippen LogP contribution in [0.4, 0.5) is 0 Å². The molecule has 0 aliphatic heterocycles. The van der Waals surface area contributed by atoms with Crippen LogP contribution in [0.3, 0.4) is 0 Å². The van der Waals surface area contributed by atoms with Crippen LogP contribution >= 0.6 is 0 Å². The molecule has 6 nitrogen and oxygen atoms in total. The van der Waals surface area contributed by atoms with Gasteiger partial charge in [-0.3, -0.25) is 0 Å². The highest BCUT2D eigenvalue weighted by Crippen LogP contribution is 2.35. The molecular formula is C13H19N3O3. The Morgan fingerprint density at radius 2 is 2.26 bits per heavy atom. The van der Waals surface area contributed by atoms with Crippen molar-refractivity contribution in [2.45, 2.75) is 24.9 Å². The number of amidine groups is 1. The predicted molar refractivity (Wildman–Crippen MR) is 71.4 cm³/mol. The summed E-state index contributed by atoms with van der Waals surface area (Å²) in [6.07, 6.45) is 1.96. The molecule has 6 heteroatoms. The number of methoxy groups -OCH3 is 1. The van der Waals surface area contributed by atoms with Crippen LogP contribution in [0.2, 0.25) is 0 Å². The monoisotopic (exact) mass is 265 g/mol. The minimum Gasteiger partial charge on any atom is -0.496 e. The first kappa shape index (κ1) is 13.6. The van der Waals surface area contributed by atoms with E-state index in [2.05, 4.69) is 10.5 Å². The van der Waals surface area contributed by atoms with E-state index in [0.717, 1.165) is 24.2 Å². The van der Waals surface area contributed by atoms with Crippen LogP contribution in [0.25, 0.3) is 0 Å². The summed E-state index contributed by atoms with van der Waals surface area (Å²) in [5.74, 6) is 0.794. The highest BCUT2D eigenvalue weighted by molar-refractivity contribution is 5.97. The van der Waals surface area contributed by atoms with Crippen LogP contribution in [0.5, 0.6) is 5.75 Å². The first-order valence-electron chi connectivity index (χ1n) is 6.15. The van der Waals surface area contributed by atoms with Crippen molar-refractivity contribution < 1.29 is 15.1 Å². The lowest BCUT2D eigenvalue weighted by Gasteiger charge is -2.16. The number of hydrogen-bond acceptors (Lipinski definition) is 5. The van der Waals surface area contributed by atoms with Gasteiger partial charge in [-0.15, -0.1) is 0 Å². The molecule has 0 amide bonds. The second-order valence-electron chi connectivity index (χ2n) is 4.80. The third-order valence-electron chi connectivity index (χ3n) is 3.49. The summed E-state index contributed by atoms with van der Waals surface area (Å²) in [5.41, 5.74) is 6.97. The van der Waals surface area contributed by atoms with Crippen molar-refractivity contribution in [2.24, 2.45) is 10.9 Å². The third kappa shape index (κ3) is 2.97. The van der Waals surface area contributed by atoms with Gasteiger partial charge in [-0.05, 0) is 31.0 Å². The fourth-order valence-electron chi connectivity index (χ4n) is 1.96. The van der Waals surface area contributed by atoms with E-state index in [0.29, 0.717) is 12.1 Å². The standard InChI is InChI=1S/C13H19N3O3/c1-19-11-3-2-9(12(14)16-18)6-10(11)7-15-13(8-17)4-5-13/h2-3,6,15,17-18H,4-5,7-8H2,1H3,(H2,14,16). The zero-order valence-electron chi connectivity index (χ0n) is 10.9. The first-order chi connectivity index (χ1) is 9.14. The molecule has 1 saturated carbocycles. The number of nitrogens with one attached hydrogen (secondary N) is 1. The first-order valence-corrected chi connectivity index (χ1v) is 6.15. The van der Waals surface area contributed by atoms with Crippen molar-refractivity contribution in [1.29, 1.82) is 0 Å². The summed E-state index contributed by atoms with van der Waals surface area (Å²) >= 11 is 0. The molecule has 19 heavy (non-hydrogen) atoms. The molecule has 1 aliphatic carbocycles. The third-order valence-corrected chi connectivity index (χ3v) is 3.49. The Labute approximate surface area is 111 Å². The van der Waals surface area contributed by atoms with Crippen LogP contribution < -0.4 is 15.8 Å². The number of nitrogens with two attached hydrogens (primary N) is 1. The fraction of sp³-hybridized carbons (Fsp3) is 0.462. The largest absolute Gasteiger partial charge is 0.496 e. The van der Waals surface area contributed by atoms with Crippen molar-refractivity contribution in [3.8, 4) is 5.75 Å². The fourth-order valence-corrected chi connectivity index (χ4v) is 1.96. The molecule has 1 aromatic carbocycles. The molecule has 1 aliphatic rings. The van der Waals surface area contributed by atoms with Crippen LogP contribution in [0.15, 0.2) is 23.4 Å². The molecule has 2 rings (SSSR count). The molecule has 0 atom stereocenters. The van der Waals surface area contributed by atoms with E-state index in [4.69, 9.17) is 15.7 Å². The average molecular weight is 265 g/mol. The highest BCUT2D eigenvalue weighted by Gasteiger charge is 2.41. The highest BCUT2D eigenvalue weighted by atomic mass is 16.5. The predicted octanol–water partition coefficient (Wildman–Crippen LogP) is 0.404. The Kier molecular flexibility index (Phi) is 3.92. The second kappa shape index (κ2) is 5.46. The van der Waals surface area contributed by atoms with E-state index >= 15 is 0 Å². The maximum atomic E-state index is 9.28. The number of oxime groups is 1. The van der Waals surface area contributed by atoms with E-state index < -0.39 is 0 Å². The van der Waals surface area contributed by atoms with E-state index in [1.54, 1.807) is 19.2 Å². The van der Waals surface area contributed by atoms with Crippen molar-refractivity contribution in [1.82, 2.24) is 5.32 Å². The maximum Gasteiger partial charge on any atom is 0.170 e. The molecule has 1 fully saturated rings. The molecule has 5 N–H and O–H groups in total. The lowest BCUT2D eigenvalue weighted by atomic mass is 10.1. The van der Waals surface area contributed by atoms with Gasteiger partial charge in [0.2, 0.25) is 0 Å². The number of rotatable bonds is 6. The van der Waals surface area contributed by atoms with Gasteiger partial charge in [-0.2, -0.15) is 0 Å². The Bertz CT molecular complexity index is 484. The van der Waals surface area contributed by atoms with E-state index in [1.807, 2.05) is 6.07 Å². The van der Waals surface area contributed by atoms with E-state index in [1.165, 1.54) is 0 Å². The Morgan fingerprint density at radius 3 is 2.79 bits per heavy atom. The minimum atomic E-state index is -0.141. The second-order valence-corrected chi connectivity index (χ2v) is 4.80. The summed E-state index contributed by atoms with van der Waals surface area (Å²) in [6, 6.07) is 5.33. The summed E-state index contributed by atoms with van der Waals surface area (Å²) in [4.78, 5) is 0. The summed E-state index contributed by atoms with van der Waals surface area (Å²) in [6.45, 7) is 0.700. The molecular weight excluding hydrogens is 246 g/mol. The Balaban J connectivity index is 2.16. The molecule has 0 spiro atoms. The molecule has 1 aromatic rings. The smallest absolute Gasteiger partial charge is 0.170 e. The van der Waals surface area contributed by atoms with Crippen molar-refractivity contribution in [2.75, 3.05) is 13.7 Å². The van der Waals surface area contributed by atoms with Crippen molar-refractivity contribution in [3.63, 3.8) is 0 Å². The van der Waals surface area contributed by atoms with Gasteiger partial charge in [0.25, 0.3) is 0 Å². The van der Waals surface area contributed by atoms with Gasteiger partial charge in [-0.1, -0.05) is 5.16 Å². The Morgan fingerprint density at radius 1 is 1.53 bits per heavy atom. The summed E-state index contributed by atoms with van der Waals surface area (Å²) < 4.78 is 5.29. The molecule has 0 radical (unpaired) electrons. The van der Waals surface area contributed by atoms with E-state index in [-0.39, 0.29) is 18.0 Å². The number of hydrogen-bond donors (Lipinski definition) is 4. The van der Waals surface area contributed by atoms with Gasteiger partial charge in [0.1, 0.15) is 5.75 Å². The minimum absolute atomic E-state index is 0.0622. The number of benzene rings is 1. The quantitative estimate of drug-likeness (QED) is 0.258.